The minimum Gasteiger partial charge on any atom is -0.545 e. The Balaban J connectivity index is 0.00000294. The first-order valence-corrected chi connectivity index (χ1v) is 13.2. The van der Waals surface area contributed by atoms with E-state index in [-0.39, 0.29) is 41.2 Å². The SMILES string of the molecule is Cc1c(-c2cc(C(=O)[O-])c3c(OC(C)c4ccc(C5COC5)cc4)ccc(C)c3n2)sc2ccccc12.[Na+]. The molecule has 0 amide bonds. The molecule has 1 atom stereocenters. The molecule has 38 heavy (non-hydrogen) atoms. The molecule has 186 valence electrons. The first-order chi connectivity index (χ1) is 17.9. The van der Waals surface area contributed by atoms with Crippen LogP contribution in [0.15, 0.2) is 66.7 Å². The van der Waals surface area contributed by atoms with E-state index in [0.29, 0.717) is 28.3 Å². The van der Waals surface area contributed by atoms with E-state index >= 15 is 0 Å². The number of thiophene rings is 1. The van der Waals surface area contributed by atoms with Crippen LogP contribution in [0.3, 0.4) is 0 Å². The van der Waals surface area contributed by atoms with Gasteiger partial charge in [0.1, 0.15) is 11.9 Å². The molecule has 0 bridgehead atoms. The number of carboxylic acid groups (broad SMARTS) is 1. The molecule has 1 fully saturated rings. The van der Waals surface area contributed by atoms with E-state index in [9.17, 15) is 9.90 Å². The summed E-state index contributed by atoms with van der Waals surface area (Å²) in [4.78, 5) is 18.3. The number of carboxylic acids is 1. The van der Waals surface area contributed by atoms with Crippen molar-refractivity contribution in [2.75, 3.05) is 13.2 Å². The van der Waals surface area contributed by atoms with Gasteiger partial charge in [-0.05, 0) is 66.6 Å². The Morgan fingerprint density at radius 2 is 1.82 bits per heavy atom. The summed E-state index contributed by atoms with van der Waals surface area (Å²) in [6.45, 7) is 7.49. The number of hydrogen-bond donors (Lipinski definition) is 0. The summed E-state index contributed by atoms with van der Waals surface area (Å²) < 4.78 is 12.8. The number of aryl methyl sites for hydroxylation is 2. The van der Waals surface area contributed by atoms with Crippen LogP contribution in [0.5, 0.6) is 5.75 Å². The third-order valence-corrected chi connectivity index (χ3v) is 8.53. The zero-order valence-electron chi connectivity index (χ0n) is 21.9. The van der Waals surface area contributed by atoms with Gasteiger partial charge in [0, 0.05) is 16.2 Å². The van der Waals surface area contributed by atoms with E-state index in [1.807, 2.05) is 38.1 Å². The summed E-state index contributed by atoms with van der Waals surface area (Å²) in [7, 11) is 0. The average molecular weight is 532 g/mol. The number of benzene rings is 3. The van der Waals surface area contributed by atoms with Gasteiger partial charge in [-0.3, -0.25) is 0 Å². The van der Waals surface area contributed by atoms with Crippen LogP contribution in [-0.2, 0) is 4.74 Å². The fourth-order valence-electron chi connectivity index (χ4n) is 4.96. The van der Waals surface area contributed by atoms with Crippen molar-refractivity contribution in [1.29, 1.82) is 0 Å². The van der Waals surface area contributed by atoms with E-state index in [0.717, 1.165) is 44.9 Å². The Hall–Kier alpha value is -2.74. The van der Waals surface area contributed by atoms with Gasteiger partial charge in [-0.2, -0.15) is 0 Å². The van der Waals surface area contributed by atoms with Gasteiger partial charge in [0.2, 0.25) is 0 Å². The quantitative estimate of drug-likeness (QED) is 0.315. The van der Waals surface area contributed by atoms with Gasteiger partial charge >= 0.3 is 29.6 Å². The molecule has 6 rings (SSSR count). The molecule has 0 aliphatic carbocycles. The Bertz CT molecular complexity index is 1660. The van der Waals surface area contributed by atoms with E-state index < -0.39 is 5.97 Å². The van der Waals surface area contributed by atoms with Crippen molar-refractivity contribution < 1.29 is 48.9 Å². The smallest absolute Gasteiger partial charge is 0.545 e. The monoisotopic (exact) mass is 531 g/mol. The maximum Gasteiger partial charge on any atom is 1.00 e. The molecular weight excluding hydrogens is 505 g/mol. The van der Waals surface area contributed by atoms with Crippen LogP contribution in [0.2, 0.25) is 0 Å². The number of aromatic nitrogens is 1. The van der Waals surface area contributed by atoms with Crippen LogP contribution >= 0.6 is 11.3 Å². The van der Waals surface area contributed by atoms with E-state index in [2.05, 4.69) is 43.3 Å². The molecule has 0 saturated carbocycles. The summed E-state index contributed by atoms with van der Waals surface area (Å²) in [5, 5.41) is 14.0. The first-order valence-electron chi connectivity index (χ1n) is 12.4. The molecule has 3 heterocycles. The molecule has 2 aromatic heterocycles. The average Bonchev–Trinajstić information content (AvgIpc) is 3.21. The number of rotatable bonds is 6. The molecule has 0 spiro atoms. The number of aromatic carboxylic acids is 1. The van der Waals surface area contributed by atoms with Crippen LogP contribution in [0.4, 0.5) is 0 Å². The minimum atomic E-state index is -1.25. The van der Waals surface area contributed by atoms with E-state index in [1.165, 1.54) is 5.56 Å². The molecule has 0 radical (unpaired) electrons. The first kappa shape index (κ1) is 26.9. The third kappa shape index (κ3) is 4.76. The maximum atomic E-state index is 12.4. The zero-order valence-corrected chi connectivity index (χ0v) is 24.7. The van der Waals surface area contributed by atoms with E-state index in [4.69, 9.17) is 14.5 Å². The summed E-state index contributed by atoms with van der Waals surface area (Å²) >= 11 is 1.62. The Labute approximate surface area is 247 Å². The second-order valence-electron chi connectivity index (χ2n) is 9.66. The molecule has 1 unspecified atom stereocenters. The second-order valence-corrected chi connectivity index (χ2v) is 10.7. The number of carbonyl (C=O) groups is 1. The van der Waals surface area contributed by atoms with Gasteiger partial charge in [0.05, 0.1) is 40.7 Å². The summed E-state index contributed by atoms with van der Waals surface area (Å²) in [6, 6.07) is 21.9. The van der Waals surface area contributed by atoms with Gasteiger partial charge in [0.15, 0.2) is 0 Å². The molecule has 0 N–H and O–H groups in total. The molecule has 1 aliphatic rings. The van der Waals surface area contributed by atoms with Crippen molar-refractivity contribution >= 4 is 38.3 Å². The predicted octanol–water partition coefficient (Wildman–Crippen LogP) is 3.35. The van der Waals surface area contributed by atoms with E-state index in [1.54, 1.807) is 17.4 Å². The summed E-state index contributed by atoms with van der Waals surface area (Å²) in [5.41, 5.74) is 5.57. The molecule has 7 heteroatoms. The predicted molar refractivity (Wildman–Crippen MR) is 145 cm³/mol. The summed E-state index contributed by atoms with van der Waals surface area (Å²) in [5.74, 6) is -0.305. The fourth-order valence-corrected chi connectivity index (χ4v) is 6.13. The molecule has 5 aromatic rings. The van der Waals surface area contributed by atoms with Crippen LogP contribution < -0.4 is 39.4 Å². The van der Waals surface area contributed by atoms with Crippen LogP contribution in [0, 0.1) is 13.8 Å². The largest absolute Gasteiger partial charge is 1.00 e. The van der Waals surface area contributed by atoms with Gasteiger partial charge in [0.25, 0.3) is 0 Å². The molecule has 1 saturated heterocycles. The Morgan fingerprint density at radius 3 is 2.47 bits per heavy atom. The van der Waals surface area contributed by atoms with Gasteiger partial charge in [-0.25, -0.2) is 4.98 Å². The van der Waals surface area contributed by atoms with Crippen molar-refractivity contribution in [3.8, 4) is 16.3 Å². The van der Waals surface area contributed by atoms with Gasteiger partial charge in [-0.15, -0.1) is 11.3 Å². The van der Waals surface area contributed by atoms with Crippen molar-refractivity contribution in [3.05, 3.63) is 94.5 Å². The Morgan fingerprint density at radius 1 is 1.08 bits per heavy atom. The number of fused-ring (bicyclic) bond motifs is 2. The van der Waals surface area contributed by atoms with Crippen LogP contribution in [0.1, 0.15) is 51.6 Å². The molecule has 5 nitrogen and oxygen atoms in total. The minimum absolute atomic E-state index is 0. The van der Waals surface area contributed by atoms with Gasteiger partial charge in [-0.1, -0.05) is 48.5 Å². The Kier molecular flexibility index (Phi) is 7.63. The van der Waals surface area contributed by atoms with Crippen LogP contribution in [0.25, 0.3) is 31.6 Å². The van der Waals surface area contributed by atoms with Crippen molar-refractivity contribution in [1.82, 2.24) is 4.98 Å². The van der Waals surface area contributed by atoms with Crippen molar-refractivity contribution in [2.24, 2.45) is 0 Å². The van der Waals surface area contributed by atoms with Crippen molar-refractivity contribution in [2.45, 2.75) is 32.8 Å². The van der Waals surface area contributed by atoms with Gasteiger partial charge < -0.3 is 19.4 Å². The standard InChI is InChI=1S/C31H27NO4S.Na/c1-17-8-13-26(36-19(3)20-9-11-21(12-10-20)22-15-35-16-22)28-24(31(33)34)14-25(32-29(17)28)30-18(2)23-6-4-5-7-27(23)37-30;/h4-14,19,22H,15-16H2,1-3H3,(H,33,34);/q;+1/p-1. The molecule has 3 aromatic carbocycles. The number of ether oxygens (including phenoxy) is 2. The number of nitrogens with zero attached hydrogens (tertiary/aromatic N) is 1. The molecular formula is C31H26NNaO4S. The fraction of sp³-hybridized carbons (Fsp3) is 0.226. The molecule has 1 aliphatic heterocycles. The number of carbonyl (C=O) groups excluding carboxylic acids is 1. The maximum absolute atomic E-state index is 12.4. The second kappa shape index (κ2) is 10.8. The van der Waals surface area contributed by atoms with Crippen molar-refractivity contribution in [3.63, 3.8) is 0 Å². The number of pyridine rings is 1. The van der Waals surface area contributed by atoms with Crippen LogP contribution in [-0.4, -0.2) is 24.2 Å². The number of hydrogen-bond acceptors (Lipinski definition) is 6. The topological polar surface area (TPSA) is 71.5 Å². The summed E-state index contributed by atoms with van der Waals surface area (Å²) in [6.07, 6.45) is -0.281. The normalized spacial score (nSPS) is 14.2. The third-order valence-electron chi connectivity index (χ3n) is 7.24. The zero-order chi connectivity index (χ0) is 25.7.